The second-order valence-electron chi connectivity index (χ2n) is 6.00. The Hall–Kier alpha value is -1.77. The van der Waals surface area contributed by atoms with Gasteiger partial charge in [-0.1, -0.05) is 0 Å². The minimum absolute atomic E-state index is 0.189. The number of hydrogen-bond acceptors (Lipinski definition) is 5. The molecule has 1 aromatic heterocycles. The lowest BCUT2D eigenvalue weighted by atomic mass is 10.1. The number of unbranched alkanes of at least 4 members (excludes halogenated alkanes) is 1. The molecule has 22 heavy (non-hydrogen) atoms. The fraction of sp³-hybridized carbons (Fsp3) is 0.643. The van der Waals surface area contributed by atoms with Gasteiger partial charge >= 0.3 is 11.2 Å². The Kier molecular flexibility index (Phi) is 3.98. The number of aliphatic imine (C=N–C) groups is 1. The highest BCUT2D eigenvalue weighted by atomic mass is 16.7. The van der Waals surface area contributed by atoms with Crippen molar-refractivity contribution in [2.45, 2.75) is 25.4 Å². The van der Waals surface area contributed by atoms with Gasteiger partial charge in [-0.2, -0.15) is 4.99 Å². The van der Waals surface area contributed by atoms with Gasteiger partial charge in [0.15, 0.2) is 6.34 Å². The van der Waals surface area contributed by atoms with Gasteiger partial charge < -0.3 is 9.47 Å². The van der Waals surface area contributed by atoms with Crippen LogP contribution in [0.5, 0.6) is 0 Å². The van der Waals surface area contributed by atoms with Gasteiger partial charge in [0.1, 0.15) is 6.79 Å². The first kappa shape index (κ1) is 15.1. The molecule has 1 aromatic rings. The Morgan fingerprint density at radius 1 is 1.45 bits per heavy atom. The van der Waals surface area contributed by atoms with Crippen LogP contribution >= 0.6 is 0 Å². The molecule has 1 N–H and O–H groups in total. The molecular formula is C14H21N4O4+. The van der Waals surface area contributed by atoms with Crippen molar-refractivity contribution < 1.29 is 9.47 Å². The van der Waals surface area contributed by atoms with Gasteiger partial charge in [-0.15, -0.1) is 0 Å². The molecule has 0 aliphatic carbocycles. The summed E-state index contributed by atoms with van der Waals surface area (Å²) in [4.78, 5) is 30.4. The first-order chi connectivity index (χ1) is 10.5. The molecule has 120 valence electrons. The number of ether oxygens (including phenoxy) is 2. The number of nitrogens with one attached hydrogen (secondary N) is 1. The van der Waals surface area contributed by atoms with E-state index in [1.54, 1.807) is 13.4 Å². The van der Waals surface area contributed by atoms with Crippen LogP contribution in [0.1, 0.15) is 19.3 Å². The molecule has 2 atom stereocenters. The Balaban J connectivity index is 1.68. The maximum Gasteiger partial charge on any atom is 0.330 e. The summed E-state index contributed by atoms with van der Waals surface area (Å²) in [5.41, 5.74) is -0.263. The highest BCUT2D eigenvalue weighted by Gasteiger charge is 2.36. The predicted molar refractivity (Wildman–Crippen MR) is 82.6 cm³/mol. The first-order valence-corrected chi connectivity index (χ1v) is 7.45. The van der Waals surface area contributed by atoms with E-state index in [-0.39, 0.29) is 11.7 Å². The molecule has 0 spiro atoms. The standard InChI is InChI=1S/C14H20N4O4/c1-17-12-11(13(19)16-14(17)20)18(2,8-15-12)6-4-3-5-10-7-21-9-22-10/h8,10H,3-7,9H2,1-2H3/p+1. The van der Waals surface area contributed by atoms with Crippen LogP contribution in [0.2, 0.25) is 0 Å². The molecule has 3 heterocycles. The van der Waals surface area contributed by atoms with Gasteiger partial charge in [0.25, 0.3) is 0 Å². The number of nitrogens with zero attached hydrogens (tertiary/aromatic N) is 3. The van der Waals surface area contributed by atoms with Crippen molar-refractivity contribution >= 4 is 17.8 Å². The average molecular weight is 309 g/mol. The summed E-state index contributed by atoms with van der Waals surface area (Å²) in [6, 6.07) is 0. The van der Waals surface area contributed by atoms with Gasteiger partial charge in [-0.25, -0.2) is 9.28 Å². The summed E-state index contributed by atoms with van der Waals surface area (Å²) < 4.78 is 12.3. The lowest BCUT2D eigenvalue weighted by Gasteiger charge is -2.24. The maximum atomic E-state index is 12.1. The summed E-state index contributed by atoms with van der Waals surface area (Å²) in [5.74, 6) is 0.448. The molecule has 8 nitrogen and oxygen atoms in total. The van der Waals surface area contributed by atoms with Crippen LogP contribution in [-0.4, -0.2) is 49.0 Å². The Bertz CT molecular complexity index is 702. The average Bonchev–Trinajstić information content (AvgIpc) is 3.10. The van der Waals surface area contributed by atoms with E-state index in [0.29, 0.717) is 29.4 Å². The predicted octanol–water partition coefficient (Wildman–Crippen LogP) is 0.227. The number of aromatic amines is 1. The van der Waals surface area contributed by atoms with Crippen molar-refractivity contribution in [3.63, 3.8) is 0 Å². The van der Waals surface area contributed by atoms with E-state index < -0.39 is 5.69 Å². The van der Waals surface area contributed by atoms with E-state index >= 15 is 0 Å². The third-order valence-corrected chi connectivity index (χ3v) is 4.30. The summed E-state index contributed by atoms with van der Waals surface area (Å²) >= 11 is 0. The summed E-state index contributed by atoms with van der Waals surface area (Å²) in [6.07, 6.45) is 4.80. The van der Waals surface area contributed by atoms with E-state index in [9.17, 15) is 9.59 Å². The molecule has 3 rings (SSSR count). The molecule has 0 amide bonds. The summed E-state index contributed by atoms with van der Waals surface area (Å²) in [7, 11) is 3.55. The smallest absolute Gasteiger partial charge is 0.330 e. The number of fused-ring (bicyclic) bond motifs is 1. The molecule has 0 aromatic carbocycles. The monoisotopic (exact) mass is 309 g/mol. The highest BCUT2D eigenvalue weighted by Crippen LogP contribution is 2.32. The number of quaternary nitrogens is 1. The molecule has 1 saturated heterocycles. The zero-order valence-corrected chi connectivity index (χ0v) is 12.9. The molecule has 0 radical (unpaired) electrons. The van der Waals surface area contributed by atoms with E-state index in [0.717, 1.165) is 25.8 Å². The maximum absolute atomic E-state index is 12.1. The van der Waals surface area contributed by atoms with E-state index in [1.165, 1.54) is 4.57 Å². The summed E-state index contributed by atoms with van der Waals surface area (Å²) in [6.45, 7) is 1.81. The minimum atomic E-state index is -0.437. The van der Waals surface area contributed by atoms with E-state index in [1.807, 2.05) is 7.05 Å². The third kappa shape index (κ3) is 2.65. The Morgan fingerprint density at radius 2 is 2.27 bits per heavy atom. The second-order valence-corrected chi connectivity index (χ2v) is 6.00. The molecule has 0 bridgehead atoms. The Labute approximate surface area is 127 Å². The second kappa shape index (κ2) is 5.79. The first-order valence-electron chi connectivity index (χ1n) is 7.45. The lowest BCUT2D eigenvalue weighted by molar-refractivity contribution is 0.0440. The van der Waals surface area contributed by atoms with E-state index in [2.05, 4.69) is 9.98 Å². The van der Waals surface area contributed by atoms with Gasteiger partial charge in [0.05, 0.1) is 26.3 Å². The van der Waals surface area contributed by atoms with Gasteiger partial charge in [0, 0.05) is 7.05 Å². The Morgan fingerprint density at radius 3 is 3.00 bits per heavy atom. The van der Waals surface area contributed by atoms with Crippen molar-refractivity contribution in [1.29, 1.82) is 0 Å². The van der Waals surface area contributed by atoms with E-state index in [4.69, 9.17) is 9.47 Å². The molecule has 8 heteroatoms. The molecular weight excluding hydrogens is 288 g/mol. The topological polar surface area (TPSA) is 85.7 Å². The SMILES string of the molecule is Cn1c2c(c(=O)[nH]c1=O)[N+](C)(CCCCC1COCO1)C=N2. The van der Waals surface area contributed by atoms with Crippen LogP contribution < -0.4 is 15.7 Å². The lowest BCUT2D eigenvalue weighted by Crippen LogP contribution is -2.47. The molecule has 2 aliphatic rings. The van der Waals surface area contributed by atoms with Crippen molar-refractivity contribution in [3.05, 3.63) is 20.8 Å². The van der Waals surface area contributed by atoms with Crippen molar-refractivity contribution in [1.82, 2.24) is 14.0 Å². The fourth-order valence-electron chi connectivity index (χ4n) is 2.97. The number of rotatable bonds is 5. The molecule has 2 aliphatic heterocycles. The highest BCUT2D eigenvalue weighted by molar-refractivity contribution is 5.86. The molecule has 2 unspecified atom stereocenters. The van der Waals surface area contributed by atoms with Crippen LogP contribution in [0.4, 0.5) is 11.5 Å². The minimum Gasteiger partial charge on any atom is -0.353 e. The normalized spacial score (nSPS) is 26.5. The zero-order chi connectivity index (χ0) is 15.7. The van der Waals surface area contributed by atoms with Crippen LogP contribution in [0.3, 0.4) is 0 Å². The van der Waals surface area contributed by atoms with Crippen molar-refractivity contribution in [2.75, 3.05) is 27.0 Å². The van der Waals surface area contributed by atoms with Crippen LogP contribution in [-0.2, 0) is 16.5 Å². The van der Waals surface area contributed by atoms with Gasteiger partial charge in [-0.05, 0) is 19.3 Å². The largest absolute Gasteiger partial charge is 0.353 e. The fourth-order valence-corrected chi connectivity index (χ4v) is 2.97. The quantitative estimate of drug-likeness (QED) is 0.623. The van der Waals surface area contributed by atoms with Crippen LogP contribution in [0.15, 0.2) is 14.6 Å². The third-order valence-electron chi connectivity index (χ3n) is 4.30. The van der Waals surface area contributed by atoms with Crippen molar-refractivity contribution in [2.24, 2.45) is 12.0 Å². The summed E-state index contributed by atoms with van der Waals surface area (Å²) in [5, 5.41) is 0. The molecule has 0 saturated carbocycles. The number of hydrogen-bond donors (Lipinski definition) is 1. The zero-order valence-electron chi connectivity index (χ0n) is 12.9. The van der Waals surface area contributed by atoms with Crippen LogP contribution in [0, 0.1) is 0 Å². The molecule has 1 fully saturated rings. The van der Waals surface area contributed by atoms with Crippen LogP contribution in [0.25, 0.3) is 0 Å². The van der Waals surface area contributed by atoms with Crippen molar-refractivity contribution in [3.8, 4) is 0 Å². The number of aromatic nitrogens is 2. The van der Waals surface area contributed by atoms with Gasteiger partial charge in [0.2, 0.25) is 11.5 Å². The van der Waals surface area contributed by atoms with Gasteiger partial charge in [-0.3, -0.25) is 14.3 Å². The number of H-pyrrole nitrogens is 1.